The maximum absolute atomic E-state index is 12.4. The fourth-order valence-electron chi connectivity index (χ4n) is 2.70. The molecule has 0 radical (unpaired) electrons. The van der Waals surface area contributed by atoms with Crippen molar-refractivity contribution in [2.24, 2.45) is 0 Å². The van der Waals surface area contributed by atoms with Crippen LogP contribution in [0.25, 0.3) is 0 Å². The topological polar surface area (TPSA) is 57.3 Å². The number of carbonyl (C=O) groups excluding carboxylic acids is 1. The molecule has 1 aliphatic rings. The molecule has 0 atom stereocenters. The summed E-state index contributed by atoms with van der Waals surface area (Å²) in [6.07, 6.45) is 7.94. The van der Waals surface area contributed by atoms with Crippen LogP contribution >= 0.6 is 0 Å². The minimum atomic E-state index is -0.0240. The van der Waals surface area contributed by atoms with Crippen molar-refractivity contribution in [2.75, 3.05) is 32.5 Å². The highest BCUT2D eigenvalue weighted by Crippen LogP contribution is 2.35. The lowest BCUT2D eigenvalue weighted by atomic mass is 9.75. The van der Waals surface area contributed by atoms with Crippen molar-refractivity contribution in [3.63, 3.8) is 0 Å². The van der Waals surface area contributed by atoms with Gasteiger partial charge in [-0.2, -0.15) is 0 Å². The second-order valence-electron chi connectivity index (χ2n) is 6.00. The molecule has 1 heterocycles. The third-order valence-corrected chi connectivity index (χ3v) is 4.44. The molecule has 0 spiro atoms. The Morgan fingerprint density at radius 3 is 2.76 bits per heavy atom. The van der Waals surface area contributed by atoms with Crippen LogP contribution in [0.1, 0.15) is 43.0 Å². The van der Waals surface area contributed by atoms with Gasteiger partial charge in [0, 0.05) is 24.8 Å². The number of nitrogens with one attached hydrogen (secondary N) is 2. The largest absolute Gasteiger partial charge is 0.383 e. The van der Waals surface area contributed by atoms with Crippen molar-refractivity contribution < 1.29 is 4.79 Å². The van der Waals surface area contributed by atoms with Crippen LogP contribution in [-0.4, -0.2) is 48.5 Å². The van der Waals surface area contributed by atoms with E-state index in [0.717, 1.165) is 31.5 Å². The van der Waals surface area contributed by atoms with Crippen LogP contribution in [0.15, 0.2) is 18.5 Å². The molecular weight excluding hydrogens is 264 g/mol. The SMILES string of the molecule is CCCNc1cnccc1C(=O)NCC1(N(C)C)CCC1. The first-order valence-corrected chi connectivity index (χ1v) is 7.72. The second-order valence-corrected chi connectivity index (χ2v) is 6.00. The maximum Gasteiger partial charge on any atom is 0.253 e. The van der Waals surface area contributed by atoms with Crippen molar-refractivity contribution in [3.05, 3.63) is 24.0 Å². The number of likely N-dealkylation sites (N-methyl/N-ethyl adjacent to an activating group) is 1. The summed E-state index contributed by atoms with van der Waals surface area (Å²) in [7, 11) is 4.18. The maximum atomic E-state index is 12.4. The highest BCUT2D eigenvalue weighted by molar-refractivity contribution is 5.99. The zero-order valence-corrected chi connectivity index (χ0v) is 13.3. The van der Waals surface area contributed by atoms with Crippen LogP contribution in [0.2, 0.25) is 0 Å². The number of aromatic nitrogens is 1. The lowest BCUT2D eigenvalue weighted by Gasteiger charge is -2.47. The molecule has 0 aliphatic heterocycles. The highest BCUT2D eigenvalue weighted by Gasteiger charge is 2.39. The third kappa shape index (κ3) is 3.53. The molecule has 0 bridgehead atoms. The fraction of sp³-hybridized carbons (Fsp3) is 0.625. The van der Waals surface area contributed by atoms with Gasteiger partial charge >= 0.3 is 0 Å². The molecule has 0 saturated heterocycles. The Bertz CT molecular complexity index is 483. The van der Waals surface area contributed by atoms with Crippen LogP contribution in [-0.2, 0) is 0 Å². The van der Waals surface area contributed by atoms with Crippen molar-refractivity contribution in [1.82, 2.24) is 15.2 Å². The summed E-state index contributed by atoms with van der Waals surface area (Å²) < 4.78 is 0. The summed E-state index contributed by atoms with van der Waals surface area (Å²) in [5.74, 6) is -0.0240. The van der Waals surface area contributed by atoms with E-state index in [2.05, 4.69) is 41.5 Å². The molecule has 1 saturated carbocycles. The van der Waals surface area contributed by atoms with Gasteiger partial charge in [-0.15, -0.1) is 0 Å². The fourth-order valence-corrected chi connectivity index (χ4v) is 2.70. The number of anilines is 1. The third-order valence-electron chi connectivity index (χ3n) is 4.44. The van der Waals surface area contributed by atoms with E-state index in [-0.39, 0.29) is 11.4 Å². The zero-order chi connectivity index (χ0) is 15.3. The molecule has 5 nitrogen and oxygen atoms in total. The Kier molecular flexibility index (Phi) is 5.17. The average Bonchev–Trinajstić information content (AvgIpc) is 2.43. The molecule has 2 N–H and O–H groups in total. The highest BCUT2D eigenvalue weighted by atomic mass is 16.1. The molecule has 21 heavy (non-hydrogen) atoms. The minimum Gasteiger partial charge on any atom is -0.383 e. The molecule has 1 fully saturated rings. The van der Waals surface area contributed by atoms with E-state index in [1.165, 1.54) is 6.42 Å². The summed E-state index contributed by atoms with van der Waals surface area (Å²) in [5, 5.41) is 6.35. The second kappa shape index (κ2) is 6.89. The average molecular weight is 290 g/mol. The van der Waals surface area contributed by atoms with Gasteiger partial charge in [0.2, 0.25) is 0 Å². The molecule has 116 valence electrons. The predicted molar refractivity (Wildman–Crippen MR) is 85.6 cm³/mol. The molecule has 1 aromatic rings. The first-order valence-electron chi connectivity index (χ1n) is 7.72. The van der Waals surface area contributed by atoms with E-state index in [1.807, 2.05) is 0 Å². The standard InChI is InChI=1S/C16H26N4O/c1-4-9-18-14-11-17-10-6-13(14)15(21)19-12-16(20(2)3)7-5-8-16/h6,10-11,18H,4-5,7-9,12H2,1-3H3,(H,19,21). The number of pyridine rings is 1. The molecule has 5 heteroatoms. The number of carbonyl (C=O) groups is 1. The molecular formula is C16H26N4O. The van der Waals surface area contributed by atoms with Crippen molar-refractivity contribution in [3.8, 4) is 0 Å². The monoisotopic (exact) mass is 290 g/mol. The Morgan fingerprint density at radius 2 is 2.19 bits per heavy atom. The van der Waals surface area contributed by atoms with Gasteiger partial charge in [0.1, 0.15) is 0 Å². The normalized spacial score (nSPS) is 16.4. The lowest BCUT2D eigenvalue weighted by Crippen LogP contribution is -2.57. The van der Waals surface area contributed by atoms with E-state index in [1.54, 1.807) is 18.5 Å². The summed E-state index contributed by atoms with van der Waals surface area (Å²) in [5.41, 5.74) is 1.62. The van der Waals surface area contributed by atoms with Crippen LogP contribution < -0.4 is 10.6 Å². The van der Waals surface area contributed by atoms with E-state index in [4.69, 9.17) is 0 Å². The van der Waals surface area contributed by atoms with Gasteiger partial charge in [0.05, 0.1) is 17.4 Å². The Morgan fingerprint density at radius 1 is 1.43 bits per heavy atom. The molecule has 1 aromatic heterocycles. The van der Waals surface area contributed by atoms with Gasteiger partial charge in [-0.3, -0.25) is 9.78 Å². The van der Waals surface area contributed by atoms with Crippen LogP contribution in [0.3, 0.4) is 0 Å². The van der Waals surface area contributed by atoms with Gasteiger partial charge < -0.3 is 15.5 Å². The first kappa shape index (κ1) is 15.8. The van der Waals surface area contributed by atoms with E-state index in [9.17, 15) is 4.79 Å². The molecule has 2 rings (SSSR count). The molecule has 1 aliphatic carbocycles. The molecule has 0 unspecified atom stereocenters. The Labute approximate surface area is 127 Å². The van der Waals surface area contributed by atoms with Crippen LogP contribution in [0, 0.1) is 0 Å². The van der Waals surface area contributed by atoms with Gasteiger partial charge in [-0.05, 0) is 45.8 Å². The first-order chi connectivity index (χ1) is 10.1. The number of rotatable bonds is 7. The summed E-state index contributed by atoms with van der Waals surface area (Å²) in [4.78, 5) is 18.8. The number of amides is 1. The summed E-state index contributed by atoms with van der Waals surface area (Å²) in [6, 6.07) is 1.77. The molecule has 1 amide bonds. The van der Waals surface area contributed by atoms with E-state index < -0.39 is 0 Å². The van der Waals surface area contributed by atoms with E-state index in [0.29, 0.717) is 12.1 Å². The summed E-state index contributed by atoms with van der Waals surface area (Å²) in [6.45, 7) is 3.64. The molecule has 0 aromatic carbocycles. The van der Waals surface area contributed by atoms with Gasteiger partial charge in [0.25, 0.3) is 5.91 Å². The summed E-state index contributed by atoms with van der Waals surface area (Å²) >= 11 is 0. The quantitative estimate of drug-likeness (QED) is 0.807. The van der Waals surface area contributed by atoms with E-state index >= 15 is 0 Å². The van der Waals surface area contributed by atoms with Crippen molar-refractivity contribution in [1.29, 1.82) is 0 Å². The van der Waals surface area contributed by atoms with Crippen molar-refractivity contribution in [2.45, 2.75) is 38.1 Å². The zero-order valence-electron chi connectivity index (χ0n) is 13.3. The lowest BCUT2D eigenvalue weighted by molar-refractivity contribution is 0.0558. The van der Waals surface area contributed by atoms with Gasteiger partial charge in [0.15, 0.2) is 0 Å². The number of hydrogen-bond donors (Lipinski definition) is 2. The Balaban J connectivity index is 2.00. The Hall–Kier alpha value is -1.62. The number of nitrogens with zero attached hydrogens (tertiary/aromatic N) is 2. The van der Waals surface area contributed by atoms with Crippen LogP contribution in [0.4, 0.5) is 5.69 Å². The minimum absolute atomic E-state index is 0.0240. The smallest absolute Gasteiger partial charge is 0.253 e. The van der Waals surface area contributed by atoms with Gasteiger partial charge in [-0.1, -0.05) is 6.92 Å². The van der Waals surface area contributed by atoms with Crippen LogP contribution in [0.5, 0.6) is 0 Å². The van der Waals surface area contributed by atoms with Crippen molar-refractivity contribution >= 4 is 11.6 Å². The van der Waals surface area contributed by atoms with Gasteiger partial charge in [-0.25, -0.2) is 0 Å². The number of hydrogen-bond acceptors (Lipinski definition) is 4. The predicted octanol–water partition coefficient (Wildman–Crippen LogP) is 2.12.